The summed E-state index contributed by atoms with van der Waals surface area (Å²) in [4.78, 5) is 19.3. The minimum absolute atomic E-state index is 0.0900. The minimum atomic E-state index is -2.94. The SMILES string of the molecule is O=C(CC1CCS(=O)(=O)C1)Nc1cnc(Cl)cn1. The third kappa shape index (κ3) is 3.64. The Hall–Kier alpha value is -1.21. The van der Waals surface area contributed by atoms with Crippen LogP contribution < -0.4 is 5.32 Å². The Morgan fingerprint density at radius 1 is 1.44 bits per heavy atom. The van der Waals surface area contributed by atoms with Gasteiger partial charge in [0.2, 0.25) is 5.91 Å². The Kier molecular flexibility index (Phi) is 3.82. The van der Waals surface area contributed by atoms with Gasteiger partial charge >= 0.3 is 0 Å². The second-order valence-electron chi connectivity index (χ2n) is 4.25. The molecule has 1 atom stereocenters. The van der Waals surface area contributed by atoms with Gasteiger partial charge in [-0.3, -0.25) is 4.79 Å². The molecule has 1 aliphatic heterocycles. The van der Waals surface area contributed by atoms with Crippen molar-refractivity contribution in [3.8, 4) is 0 Å². The molecule has 0 spiro atoms. The molecule has 0 aromatic carbocycles. The third-order valence-electron chi connectivity index (χ3n) is 2.69. The number of aromatic nitrogens is 2. The van der Waals surface area contributed by atoms with Crippen LogP contribution in [0.3, 0.4) is 0 Å². The fourth-order valence-corrected chi connectivity index (χ4v) is 3.83. The summed E-state index contributed by atoms with van der Waals surface area (Å²) in [5.41, 5.74) is 0. The van der Waals surface area contributed by atoms with Crippen LogP contribution in [0, 0.1) is 5.92 Å². The van der Waals surface area contributed by atoms with Crippen LogP contribution in [0.15, 0.2) is 12.4 Å². The zero-order chi connectivity index (χ0) is 13.2. The Bertz CT molecular complexity index is 544. The van der Waals surface area contributed by atoms with Gasteiger partial charge < -0.3 is 5.32 Å². The molecule has 1 aliphatic rings. The first-order chi connectivity index (χ1) is 8.44. The number of hydrogen-bond donors (Lipinski definition) is 1. The number of sulfone groups is 1. The van der Waals surface area contributed by atoms with Crippen LogP contribution in [0.4, 0.5) is 5.82 Å². The van der Waals surface area contributed by atoms with E-state index < -0.39 is 9.84 Å². The number of carbonyl (C=O) groups excluding carboxylic acids is 1. The van der Waals surface area contributed by atoms with Gasteiger partial charge in [0.15, 0.2) is 15.7 Å². The molecule has 1 unspecified atom stereocenters. The van der Waals surface area contributed by atoms with Gasteiger partial charge in [-0.25, -0.2) is 18.4 Å². The van der Waals surface area contributed by atoms with Crippen LogP contribution in [0.25, 0.3) is 0 Å². The van der Waals surface area contributed by atoms with Crippen molar-refractivity contribution in [2.24, 2.45) is 5.92 Å². The van der Waals surface area contributed by atoms with E-state index in [0.29, 0.717) is 12.2 Å². The van der Waals surface area contributed by atoms with Gasteiger partial charge in [0.05, 0.1) is 23.9 Å². The average molecular weight is 290 g/mol. The lowest BCUT2D eigenvalue weighted by atomic mass is 10.1. The topological polar surface area (TPSA) is 89.0 Å². The molecule has 1 aromatic rings. The Morgan fingerprint density at radius 2 is 2.22 bits per heavy atom. The predicted molar refractivity (Wildman–Crippen MR) is 67.0 cm³/mol. The van der Waals surface area contributed by atoms with E-state index in [1.807, 2.05) is 0 Å². The lowest BCUT2D eigenvalue weighted by molar-refractivity contribution is -0.116. The van der Waals surface area contributed by atoms with Crippen LogP contribution in [-0.4, -0.2) is 35.8 Å². The summed E-state index contributed by atoms with van der Waals surface area (Å²) in [6.45, 7) is 0. The van der Waals surface area contributed by atoms with Crippen molar-refractivity contribution in [2.75, 3.05) is 16.8 Å². The summed E-state index contributed by atoms with van der Waals surface area (Å²) in [5, 5.41) is 2.80. The van der Waals surface area contributed by atoms with Gasteiger partial charge in [-0.15, -0.1) is 0 Å². The summed E-state index contributed by atoms with van der Waals surface area (Å²) in [6, 6.07) is 0. The van der Waals surface area contributed by atoms with Crippen molar-refractivity contribution < 1.29 is 13.2 Å². The van der Waals surface area contributed by atoms with Crippen molar-refractivity contribution in [3.63, 3.8) is 0 Å². The van der Waals surface area contributed by atoms with Gasteiger partial charge in [-0.1, -0.05) is 11.6 Å². The number of halogens is 1. The molecule has 2 rings (SSSR count). The monoisotopic (exact) mass is 289 g/mol. The van der Waals surface area contributed by atoms with Crippen molar-refractivity contribution in [1.29, 1.82) is 0 Å². The predicted octanol–water partition coefficient (Wildman–Crippen LogP) is 0.893. The highest BCUT2D eigenvalue weighted by molar-refractivity contribution is 7.91. The Balaban J connectivity index is 1.88. The largest absolute Gasteiger partial charge is 0.309 e. The average Bonchev–Trinajstić information content (AvgIpc) is 2.61. The summed E-state index contributed by atoms with van der Waals surface area (Å²) < 4.78 is 22.5. The standard InChI is InChI=1S/C10H12ClN3O3S/c11-8-4-13-9(5-12-8)14-10(15)3-7-1-2-18(16,17)6-7/h4-5,7H,1-3,6H2,(H,13,14,15). The van der Waals surface area contributed by atoms with Crippen LogP contribution in [0.1, 0.15) is 12.8 Å². The van der Waals surface area contributed by atoms with E-state index in [1.54, 1.807) is 0 Å². The molecule has 98 valence electrons. The first-order valence-electron chi connectivity index (χ1n) is 5.42. The molecule has 18 heavy (non-hydrogen) atoms. The van der Waals surface area contributed by atoms with Gasteiger partial charge in [0.25, 0.3) is 0 Å². The number of amides is 1. The van der Waals surface area contributed by atoms with Crippen LogP contribution in [0.2, 0.25) is 5.15 Å². The lowest BCUT2D eigenvalue weighted by Gasteiger charge is -2.07. The van der Waals surface area contributed by atoms with Crippen molar-refractivity contribution >= 4 is 33.2 Å². The first kappa shape index (κ1) is 13.2. The maximum Gasteiger partial charge on any atom is 0.225 e. The summed E-state index contributed by atoms with van der Waals surface area (Å²) in [7, 11) is -2.94. The molecule has 2 heterocycles. The van der Waals surface area contributed by atoms with E-state index in [0.717, 1.165) is 0 Å². The highest BCUT2D eigenvalue weighted by atomic mass is 35.5. The Morgan fingerprint density at radius 3 is 2.78 bits per heavy atom. The highest BCUT2D eigenvalue weighted by Crippen LogP contribution is 2.21. The molecule has 1 fully saturated rings. The first-order valence-corrected chi connectivity index (χ1v) is 7.62. The normalized spacial score (nSPS) is 21.7. The van der Waals surface area contributed by atoms with E-state index in [4.69, 9.17) is 11.6 Å². The van der Waals surface area contributed by atoms with Gasteiger partial charge in [-0.05, 0) is 12.3 Å². The molecular weight excluding hydrogens is 278 g/mol. The fraction of sp³-hybridized carbons (Fsp3) is 0.500. The second kappa shape index (κ2) is 5.19. The van der Waals surface area contributed by atoms with Crippen molar-refractivity contribution in [1.82, 2.24) is 9.97 Å². The van der Waals surface area contributed by atoms with Crippen molar-refractivity contribution in [3.05, 3.63) is 17.5 Å². The molecule has 0 saturated carbocycles. The van der Waals surface area contributed by atoms with Gasteiger partial charge in [-0.2, -0.15) is 0 Å². The molecule has 1 saturated heterocycles. The van der Waals surface area contributed by atoms with Crippen LogP contribution in [-0.2, 0) is 14.6 Å². The second-order valence-corrected chi connectivity index (χ2v) is 6.86. The highest BCUT2D eigenvalue weighted by Gasteiger charge is 2.29. The fourth-order valence-electron chi connectivity index (χ4n) is 1.87. The Labute approximate surface area is 110 Å². The van der Waals surface area contributed by atoms with E-state index in [1.165, 1.54) is 12.4 Å². The minimum Gasteiger partial charge on any atom is -0.309 e. The van der Waals surface area contributed by atoms with E-state index in [2.05, 4.69) is 15.3 Å². The number of rotatable bonds is 3. The molecule has 0 radical (unpaired) electrons. The summed E-state index contributed by atoms with van der Waals surface area (Å²) in [6.07, 6.45) is 3.41. The van der Waals surface area contributed by atoms with E-state index in [9.17, 15) is 13.2 Å². The number of carbonyl (C=O) groups is 1. The van der Waals surface area contributed by atoms with Gasteiger partial charge in [0, 0.05) is 6.42 Å². The molecule has 1 aromatic heterocycles. The van der Waals surface area contributed by atoms with Crippen molar-refractivity contribution in [2.45, 2.75) is 12.8 Å². The smallest absolute Gasteiger partial charge is 0.225 e. The third-order valence-corrected chi connectivity index (χ3v) is 4.72. The zero-order valence-electron chi connectivity index (χ0n) is 9.47. The van der Waals surface area contributed by atoms with Crippen LogP contribution >= 0.6 is 11.6 Å². The van der Waals surface area contributed by atoms with E-state index >= 15 is 0 Å². The van der Waals surface area contributed by atoms with E-state index in [-0.39, 0.29) is 34.9 Å². The molecular formula is C10H12ClN3O3S. The number of nitrogens with one attached hydrogen (secondary N) is 1. The molecule has 0 bridgehead atoms. The number of hydrogen-bond acceptors (Lipinski definition) is 5. The maximum absolute atomic E-state index is 11.7. The molecule has 6 nitrogen and oxygen atoms in total. The summed E-state index contributed by atoms with van der Waals surface area (Å²) in [5.74, 6) is 0.215. The number of anilines is 1. The summed E-state index contributed by atoms with van der Waals surface area (Å²) >= 11 is 5.56. The maximum atomic E-state index is 11.7. The van der Waals surface area contributed by atoms with Gasteiger partial charge in [0.1, 0.15) is 5.15 Å². The zero-order valence-corrected chi connectivity index (χ0v) is 11.0. The molecule has 0 aliphatic carbocycles. The van der Waals surface area contributed by atoms with Crippen LogP contribution in [0.5, 0.6) is 0 Å². The quantitative estimate of drug-likeness (QED) is 0.893. The molecule has 1 amide bonds. The lowest BCUT2D eigenvalue weighted by Crippen LogP contribution is -2.18. The molecule has 1 N–H and O–H groups in total. The number of nitrogens with zero attached hydrogens (tertiary/aromatic N) is 2. The molecule has 8 heteroatoms.